The zero-order valence-electron chi connectivity index (χ0n) is 18.9. The Balaban J connectivity index is 1.46. The number of anilines is 1. The van der Waals surface area contributed by atoms with Crippen molar-refractivity contribution in [1.29, 1.82) is 0 Å². The zero-order chi connectivity index (χ0) is 24.1. The van der Waals surface area contributed by atoms with Crippen LogP contribution in [0.5, 0.6) is 11.5 Å². The number of hydrogen-bond acceptors (Lipinski definition) is 6. The molecular formula is C25H25N3O5S. The van der Waals surface area contributed by atoms with E-state index in [1.165, 1.54) is 10.5 Å². The molecule has 4 rings (SSSR count). The van der Waals surface area contributed by atoms with Crippen molar-refractivity contribution in [1.82, 2.24) is 5.43 Å². The summed E-state index contributed by atoms with van der Waals surface area (Å²) in [6, 6.07) is 19.4. The maximum atomic E-state index is 12.5. The molecule has 1 aliphatic heterocycles. The van der Waals surface area contributed by atoms with Gasteiger partial charge in [-0.15, -0.1) is 0 Å². The van der Waals surface area contributed by atoms with Crippen LogP contribution in [0.25, 0.3) is 0 Å². The predicted octanol–water partition coefficient (Wildman–Crippen LogP) is 3.50. The lowest BCUT2D eigenvalue weighted by Crippen LogP contribution is -2.29. The molecule has 8 nitrogen and oxygen atoms in total. The van der Waals surface area contributed by atoms with Crippen LogP contribution in [0, 0.1) is 6.92 Å². The van der Waals surface area contributed by atoms with Crippen LogP contribution in [0.15, 0.2) is 71.8 Å². The molecule has 0 aliphatic carbocycles. The average Bonchev–Trinajstić information content (AvgIpc) is 2.83. The minimum Gasteiger partial charge on any atom is -0.486 e. The van der Waals surface area contributed by atoms with Crippen molar-refractivity contribution in [3.63, 3.8) is 0 Å². The Morgan fingerprint density at radius 2 is 1.76 bits per heavy atom. The van der Waals surface area contributed by atoms with Crippen LogP contribution >= 0.6 is 0 Å². The first-order valence-corrected chi connectivity index (χ1v) is 12.5. The quantitative estimate of drug-likeness (QED) is 0.413. The first-order valence-electron chi connectivity index (χ1n) is 10.7. The first-order chi connectivity index (χ1) is 16.3. The molecule has 9 heteroatoms. The van der Waals surface area contributed by atoms with Crippen molar-refractivity contribution in [2.45, 2.75) is 13.5 Å². The summed E-state index contributed by atoms with van der Waals surface area (Å²) in [7, 11) is -3.53. The first kappa shape index (κ1) is 23.3. The van der Waals surface area contributed by atoms with Gasteiger partial charge in [-0.3, -0.25) is 9.10 Å². The van der Waals surface area contributed by atoms with E-state index in [2.05, 4.69) is 10.5 Å². The standard InChI is InChI=1S/C25H25N3O5S/c1-18-6-3-4-7-21(18)17-28(34(2,30)31)22-12-10-19(11-13-22)25(29)27-26-16-20-8-5-9-23-24(20)33-15-14-32-23/h3-13,16H,14-15,17H2,1-2H3,(H,27,29)/b26-16-. The highest BCUT2D eigenvalue weighted by Gasteiger charge is 2.19. The van der Waals surface area contributed by atoms with Gasteiger partial charge in [0.25, 0.3) is 5.91 Å². The third-order valence-electron chi connectivity index (χ3n) is 5.36. The van der Waals surface area contributed by atoms with E-state index in [-0.39, 0.29) is 6.54 Å². The van der Waals surface area contributed by atoms with Crippen molar-refractivity contribution in [2.75, 3.05) is 23.8 Å². The minimum absolute atomic E-state index is 0.203. The monoisotopic (exact) mass is 479 g/mol. The zero-order valence-corrected chi connectivity index (χ0v) is 19.7. The van der Waals surface area contributed by atoms with Crippen molar-refractivity contribution in [2.24, 2.45) is 5.10 Å². The summed E-state index contributed by atoms with van der Waals surface area (Å²) >= 11 is 0. The number of carbonyl (C=O) groups excluding carboxylic acids is 1. The number of rotatable bonds is 7. The van der Waals surface area contributed by atoms with E-state index < -0.39 is 15.9 Å². The molecule has 1 heterocycles. The Hall–Kier alpha value is -3.85. The smallest absolute Gasteiger partial charge is 0.271 e. The Morgan fingerprint density at radius 3 is 2.50 bits per heavy atom. The lowest BCUT2D eigenvalue weighted by molar-refractivity contribution is 0.0955. The van der Waals surface area contributed by atoms with Gasteiger partial charge in [0, 0.05) is 11.1 Å². The van der Waals surface area contributed by atoms with Gasteiger partial charge < -0.3 is 9.47 Å². The fourth-order valence-corrected chi connectivity index (χ4v) is 4.42. The molecule has 0 saturated carbocycles. The molecule has 1 N–H and O–H groups in total. The molecule has 1 amide bonds. The van der Waals surface area contributed by atoms with Gasteiger partial charge in [0.1, 0.15) is 13.2 Å². The SMILES string of the molecule is Cc1ccccc1CN(c1ccc(C(=O)N/N=C\c2cccc3c2OCCO3)cc1)S(C)(=O)=O. The number of nitrogens with one attached hydrogen (secondary N) is 1. The van der Waals surface area contributed by atoms with Crippen molar-refractivity contribution < 1.29 is 22.7 Å². The van der Waals surface area contributed by atoms with Crippen LogP contribution in [0.4, 0.5) is 5.69 Å². The number of fused-ring (bicyclic) bond motifs is 1. The van der Waals surface area contributed by atoms with Gasteiger partial charge in [-0.1, -0.05) is 30.3 Å². The molecule has 0 bridgehead atoms. The summed E-state index contributed by atoms with van der Waals surface area (Å²) in [5, 5.41) is 4.02. The third-order valence-corrected chi connectivity index (χ3v) is 6.50. The van der Waals surface area contributed by atoms with Gasteiger partial charge in [0.15, 0.2) is 11.5 Å². The normalized spacial score (nSPS) is 13.0. The number of sulfonamides is 1. The Labute approximate surface area is 198 Å². The molecule has 0 atom stereocenters. The molecule has 0 spiro atoms. The summed E-state index contributed by atoms with van der Waals surface area (Å²) in [4.78, 5) is 12.5. The number of benzene rings is 3. The summed E-state index contributed by atoms with van der Waals surface area (Å²) in [6.07, 6.45) is 2.66. The highest BCUT2D eigenvalue weighted by Crippen LogP contribution is 2.32. The minimum atomic E-state index is -3.53. The number of aryl methyl sites for hydroxylation is 1. The second-order valence-electron chi connectivity index (χ2n) is 7.81. The molecule has 3 aromatic carbocycles. The predicted molar refractivity (Wildman–Crippen MR) is 131 cm³/mol. The van der Waals surface area contributed by atoms with Crippen LogP contribution in [-0.2, 0) is 16.6 Å². The van der Waals surface area contributed by atoms with E-state index in [1.807, 2.05) is 49.4 Å². The lowest BCUT2D eigenvalue weighted by Gasteiger charge is -2.23. The van der Waals surface area contributed by atoms with E-state index in [9.17, 15) is 13.2 Å². The maximum absolute atomic E-state index is 12.5. The number of para-hydroxylation sites is 1. The van der Waals surface area contributed by atoms with Crippen molar-refractivity contribution in [3.05, 3.63) is 89.0 Å². The van der Waals surface area contributed by atoms with Crippen LogP contribution < -0.4 is 19.2 Å². The molecule has 0 unspecified atom stereocenters. The van der Waals surface area contributed by atoms with Crippen LogP contribution in [0.2, 0.25) is 0 Å². The second kappa shape index (κ2) is 9.96. The largest absolute Gasteiger partial charge is 0.486 e. The molecule has 0 saturated heterocycles. The van der Waals surface area contributed by atoms with Gasteiger partial charge >= 0.3 is 0 Å². The molecule has 1 aliphatic rings. The maximum Gasteiger partial charge on any atom is 0.271 e. The molecular weight excluding hydrogens is 454 g/mol. The summed E-state index contributed by atoms with van der Waals surface area (Å²) in [5.74, 6) is 0.804. The highest BCUT2D eigenvalue weighted by atomic mass is 32.2. The Morgan fingerprint density at radius 1 is 1.03 bits per heavy atom. The molecule has 3 aromatic rings. The third kappa shape index (κ3) is 5.37. The Kier molecular flexibility index (Phi) is 6.83. The number of hydrogen-bond donors (Lipinski definition) is 1. The van der Waals surface area contributed by atoms with Gasteiger partial charge in [-0.25, -0.2) is 13.8 Å². The van der Waals surface area contributed by atoms with E-state index >= 15 is 0 Å². The van der Waals surface area contributed by atoms with Gasteiger partial charge in [-0.2, -0.15) is 5.10 Å². The fraction of sp³-hybridized carbons (Fsp3) is 0.200. The molecule has 34 heavy (non-hydrogen) atoms. The average molecular weight is 480 g/mol. The topological polar surface area (TPSA) is 97.3 Å². The van der Waals surface area contributed by atoms with E-state index in [4.69, 9.17) is 9.47 Å². The van der Waals surface area contributed by atoms with Crippen molar-refractivity contribution >= 4 is 27.8 Å². The van der Waals surface area contributed by atoms with Gasteiger partial charge in [0.05, 0.1) is 24.7 Å². The molecule has 176 valence electrons. The highest BCUT2D eigenvalue weighted by molar-refractivity contribution is 7.92. The number of carbonyl (C=O) groups is 1. The van der Waals surface area contributed by atoms with Gasteiger partial charge in [-0.05, 0) is 54.4 Å². The van der Waals surface area contributed by atoms with Crippen LogP contribution in [-0.4, -0.2) is 40.0 Å². The molecule has 0 fully saturated rings. The number of nitrogens with zero attached hydrogens (tertiary/aromatic N) is 2. The number of hydrazone groups is 1. The Bertz CT molecular complexity index is 1320. The molecule has 0 radical (unpaired) electrons. The number of ether oxygens (including phenoxy) is 2. The molecule has 0 aromatic heterocycles. The van der Waals surface area contributed by atoms with Crippen LogP contribution in [0.3, 0.4) is 0 Å². The van der Waals surface area contributed by atoms with E-state index in [0.29, 0.717) is 41.5 Å². The summed E-state index contributed by atoms with van der Waals surface area (Å²) in [6.45, 7) is 3.08. The fourth-order valence-electron chi connectivity index (χ4n) is 3.54. The van der Waals surface area contributed by atoms with Gasteiger partial charge in [0.2, 0.25) is 10.0 Å². The number of amides is 1. The van der Waals surface area contributed by atoms with E-state index in [1.54, 1.807) is 24.3 Å². The summed E-state index contributed by atoms with van der Waals surface area (Å²) < 4.78 is 37.4. The van der Waals surface area contributed by atoms with E-state index in [0.717, 1.165) is 17.4 Å². The second-order valence-corrected chi connectivity index (χ2v) is 9.72. The summed E-state index contributed by atoms with van der Waals surface area (Å²) in [5.41, 5.74) is 5.89. The van der Waals surface area contributed by atoms with Crippen LogP contribution in [0.1, 0.15) is 27.0 Å². The van der Waals surface area contributed by atoms with Crippen molar-refractivity contribution in [3.8, 4) is 11.5 Å². The lowest BCUT2D eigenvalue weighted by atomic mass is 10.1.